The van der Waals surface area contributed by atoms with E-state index in [0.717, 1.165) is 86.2 Å². The van der Waals surface area contributed by atoms with Crippen molar-refractivity contribution >= 4 is 16.6 Å². The van der Waals surface area contributed by atoms with Gasteiger partial charge in [0.15, 0.2) is 0 Å². The monoisotopic (exact) mass is 529 g/mol. The summed E-state index contributed by atoms with van der Waals surface area (Å²) in [5.74, 6) is -1.73. The van der Waals surface area contributed by atoms with Gasteiger partial charge in [0.1, 0.15) is 23.2 Å². The van der Waals surface area contributed by atoms with E-state index in [1.54, 1.807) is 7.11 Å². The number of benzene rings is 2. The van der Waals surface area contributed by atoms with Gasteiger partial charge < -0.3 is 19.6 Å². The number of rotatable bonds is 11. The molecule has 4 rings (SSSR count). The highest BCUT2D eigenvalue weighted by Crippen LogP contribution is 2.38. The van der Waals surface area contributed by atoms with Gasteiger partial charge in [0, 0.05) is 43.8 Å². The molecule has 1 N–H and O–H groups in total. The van der Waals surface area contributed by atoms with Gasteiger partial charge >= 0.3 is 0 Å². The molecule has 0 radical (unpaired) electrons. The number of fused-ring (bicyclic) bond motifs is 1. The largest absolute Gasteiger partial charge is 0.497 e. The number of halogens is 3. The number of aromatic nitrogens is 1. The summed E-state index contributed by atoms with van der Waals surface area (Å²) in [6.07, 6.45) is 7.26. The standard InChI is InChI=1S/C30H38F3N3O2/c1-35(2)29-19-34-28-9-8-22(38-3)18-25(28)23(29)6-4-10-30(20-37)11-14-36(15-12-30)13-5-7-24-26(32)16-21(31)17-27(24)33/h8-9,16-19,37H,4-7,10-15,20H2,1-3H3. The Hall–Kier alpha value is -2.84. The van der Waals surface area contributed by atoms with E-state index in [-0.39, 0.29) is 24.0 Å². The zero-order chi connectivity index (χ0) is 27.3. The number of hydrogen-bond donors (Lipinski definition) is 1. The maximum Gasteiger partial charge on any atom is 0.132 e. The molecule has 1 aromatic heterocycles. The van der Waals surface area contributed by atoms with Gasteiger partial charge in [0.05, 0.1) is 24.5 Å². The number of likely N-dealkylation sites (tertiary alicyclic amines) is 1. The lowest BCUT2D eigenvalue weighted by atomic mass is 9.75. The van der Waals surface area contributed by atoms with Crippen molar-refractivity contribution in [3.05, 3.63) is 65.1 Å². The molecule has 1 fully saturated rings. The van der Waals surface area contributed by atoms with Crippen LogP contribution in [0.3, 0.4) is 0 Å². The van der Waals surface area contributed by atoms with Crippen LogP contribution in [0.1, 0.15) is 43.2 Å². The highest BCUT2D eigenvalue weighted by Gasteiger charge is 2.33. The molecule has 0 atom stereocenters. The van der Waals surface area contributed by atoms with Gasteiger partial charge in [-0.3, -0.25) is 4.98 Å². The number of aliphatic hydroxyl groups is 1. The van der Waals surface area contributed by atoms with Crippen LogP contribution in [0.4, 0.5) is 18.9 Å². The lowest BCUT2D eigenvalue weighted by Gasteiger charge is -2.41. The molecule has 1 saturated heterocycles. The maximum atomic E-state index is 13.9. The summed E-state index contributed by atoms with van der Waals surface area (Å²) in [7, 11) is 5.72. The van der Waals surface area contributed by atoms with Gasteiger partial charge in [0.2, 0.25) is 0 Å². The van der Waals surface area contributed by atoms with E-state index in [0.29, 0.717) is 6.42 Å². The van der Waals surface area contributed by atoms with Crippen molar-refractivity contribution < 1.29 is 23.0 Å². The summed E-state index contributed by atoms with van der Waals surface area (Å²) < 4.78 is 46.5. The number of aryl methyl sites for hydroxylation is 1. The maximum absolute atomic E-state index is 13.9. The van der Waals surface area contributed by atoms with E-state index in [9.17, 15) is 18.3 Å². The first-order chi connectivity index (χ1) is 18.2. The Morgan fingerprint density at radius 3 is 2.32 bits per heavy atom. The quantitative estimate of drug-likeness (QED) is 0.343. The molecule has 8 heteroatoms. The highest BCUT2D eigenvalue weighted by atomic mass is 19.1. The number of anilines is 1. The number of ether oxygens (including phenoxy) is 1. The second-order valence-electron chi connectivity index (χ2n) is 10.7. The number of nitrogens with zero attached hydrogens (tertiary/aromatic N) is 3. The number of methoxy groups -OCH3 is 1. The van der Waals surface area contributed by atoms with Gasteiger partial charge in [-0.25, -0.2) is 13.2 Å². The predicted octanol–water partition coefficient (Wildman–Crippen LogP) is 5.76. The third-order valence-electron chi connectivity index (χ3n) is 8.04. The van der Waals surface area contributed by atoms with Crippen LogP contribution in [-0.4, -0.2) is 62.4 Å². The zero-order valence-corrected chi connectivity index (χ0v) is 22.6. The Morgan fingerprint density at radius 2 is 1.68 bits per heavy atom. The van der Waals surface area contributed by atoms with E-state index in [1.807, 2.05) is 32.4 Å². The molecule has 1 aliphatic heterocycles. The van der Waals surface area contributed by atoms with Gasteiger partial charge in [-0.2, -0.15) is 0 Å². The van der Waals surface area contributed by atoms with Gasteiger partial charge in [-0.1, -0.05) is 0 Å². The Labute approximate surface area is 223 Å². The average Bonchev–Trinajstić information content (AvgIpc) is 2.90. The molecule has 1 aliphatic rings. The average molecular weight is 530 g/mol. The van der Waals surface area contributed by atoms with Crippen molar-refractivity contribution in [1.82, 2.24) is 9.88 Å². The van der Waals surface area contributed by atoms with Crippen LogP contribution in [-0.2, 0) is 12.8 Å². The first-order valence-electron chi connectivity index (χ1n) is 13.3. The van der Waals surface area contributed by atoms with Crippen LogP contribution < -0.4 is 9.64 Å². The summed E-state index contributed by atoms with van der Waals surface area (Å²) in [5.41, 5.74) is 3.10. The lowest BCUT2D eigenvalue weighted by Crippen LogP contribution is -2.42. The summed E-state index contributed by atoms with van der Waals surface area (Å²) in [6, 6.07) is 7.44. The Kier molecular flexibility index (Phi) is 9.15. The first-order valence-corrected chi connectivity index (χ1v) is 13.3. The molecule has 0 bridgehead atoms. The number of piperidine rings is 1. The molecule has 38 heavy (non-hydrogen) atoms. The first kappa shape index (κ1) is 28.2. The highest BCUT2D eigenvalue weighted by molar-refractivity contribution is 5.88. The van der Waals surface area contributed by atoms with Gasteiger partial charge in [-0.15, -0.1) is 0 Å². The molecule has 206 valence electrons. The molecule has 0 saturated carbocycles. The minimum Gasteiger partial charge on any atom is -0.497 e. The third-order valence-corrected chi connectivity index (χ3v) is 8.04. The SMILES string of the molecule is COc1ccc2ncc(N(C)C)c(CCCC3(CO)CCN(CCCc4c(F)cc(F)cc4F)CC3)c2c1. The van der Waals surface area contributed by atoms with Crippen molar-refractivity contribution in [1.29, 1.82) is 0 Å². The Balaban J connectivity index is 1.34. The molecular formula is C30H38F3N3O2. The minimum atomic E-state index is -0.894. The van der Waals surface area contributed by atoms with Crippen LogP contribution in [0.2, 0.25) is 0 Å². The molecule has 2 aromatic carbocycles. The second-order valence-corrected chi connectivity index (χ2v) is 10.7. The normalized spacial score (nSPS) is 15.7. The molecule has 0 amide bonds. The molecule has 5 nitrogen and oxygen atoms in total. The second kappa shape index (κ2) is 12.3. The van der Waals surface area contributed by atoms with Gasteiger partial charge in [-0.05, 0) is 93.8 Å². The Bertz CT molecular complexity index is 1220. The minimum absolute atomic E-state index is 0.0496. The fourth-order valence-corrected chi connectivity index (χ4v) is 5.66. The Morgan fingerprint density at radius 1 is 1.00 bits per heavy atom. The van der Waals surface area contributed by atoms with E-state index < -0.39 is 17.5 Å². The number of aliphatic hydroxyl groups excluding tert-OH is 1. The predicted molar refractivity (Wildman–Crippen MR) is 145 cm³/mol. The molecule has 0 aliphatic carbocycles. The molecule has 0 spiro atoms. The number of hydrogen-bond acceptors (Lipinski definition) is 5. The molecular weight excluding hydrogens is 491 g/mol. The topological polar surface area (TPSA) is 48.8 Å². The zero-order valence-electron chi connectivity index (χ0n) is 22.6. The van der Waals surface area contributed by atoms with Crippen molar-refractivity contribution in [2.45, 2.75) is 44.9 Å². The van der Waals surface area contributed by atoms with Crippen molar-refractivity contribution in [3.63, 3.8) is 0 Å². The molecule has 0 unspecified atom stereocenters. The van der Waals surface area contributed by atoms with Crippen molar-refractivity contribution in [2.75, 3.05) is 52.3 Å². The van der Waals surface area contributed by atoms with E-state index in [4.69, 9.17) is 4.74 Å². The van der Waals surface area contributed by atoms with E-state index in [1.165, 1.54) is 5.56 Å². The van der Waals surface area contributed by atoms with Crippen LogP contribution in [0.25, 0.3) is 10.9 Å². The summed E-state index contributed by atoms with van der Waals surface area (Å²) in [5, 5.41) is 11.4. The van der Waals surface area contributed by atoms with Crippen LogP contribution >= 0.6 is 0 Å². The molecule has 2 heterocycles. The van der Waals surface area contributed by atoms with Crippen molar-refractivity contribution in [2.24, 2.45) is 5.41 Å². The van der Waals surface area contributed by atoms with Crippen molar-refractivity contribution in [3.8, 4) is 5.75 Å². The lowest BCUT2D eigenvalue weighted by molar-refractivity contribution is 0.0353. The fraction of sp³-hybridized carbons (Fsp3) is 0.500. The van der Waals surface area contributed by atoms with E-state index >= 15 is 0 Å². The molecule has 3 aromatic rings. The third kappa shape index (κ3) is 6.41. The van der Waals surface area contributed by atoms with Crippen LogP contribution in [0.15, 0.2) is 36.5 Å². The van der Waals surface area contributed by atoms with Gasteiger partial charge in [0.25, 0.3) is 0 Å². The van der Waals surface area contributed by atoms with E-state index in [2.05, 4.69) is 20.9 Å². The number of pyridine rings is 1. The van der Waals surface area contributed by atoms with Crippen LogP contribution in [0, 0.1) is 22.9 Å². The van der Waals surface area contributed by atoms with Crippen LogP contribution in [0.5, 0.6) is 5.75 Å². The summed E-state index contributed by atoms with van der Waals surface area (Å²) in [6.45, 7) is 2.55. The summed E-state index contributed by atoms with van der Waals surface area (Å²) >= 11 is 0. The fourth-order valence-electron chi connectivity index (χ4n) is 5.66. The smallest absolute Gasteiger partial charge is 0.132 e. The summed E-state index contributed by atoms with van der Waals surface area (Å²) in [4.78, 5) is 9.01.